The Morgan fingerprint density at radius 3 is 2.52 bits per heavy atom. The first kappa shape index (κ1) is 13.8. The molecule has 0 aliphatic carbocycles. The van der Waals surface area contributed by atoms with Gasteiger partial charge in [0.1, 0.15) is 0 Å². The smallest absolute Gasteiger partial charge is 0.0776 e. The molecule has 2 nitrogen and oxygen atoms in total. The Labute approximate surface area is 127 Å². The summed E-state index contributed by atoms with van der Waals surface area (Å²) in [7, 11) is 0.909. The van der Waals surface area contributed by atoms with E-state index in [1.807, 2.05) is 56.4 Å². The van der Waals surface area contributed by atoms with Gasteiger partial charge in [-0.25, -0.2) is 4.21 Å². The molecule has 2 aromatic carbocycles. The number of rotatable bonds is 3. The predicted octanol–water partition coefficient (Wildman–Crippen LogP) is 4.27. The van der Waals surface area contributed by atoms with Crippen molar-refractivity contribution in [3.63, 3.8) is 0 Å². The largest absolute Gasteiger partial charge is 0.350 e. The van der Waals surface area contributed by atoms with Crippen LogP contribution in [0.15, 0.2) is 65.0 Å². The van der Waals surface area contributed by atoms with E-state index in [0.717, 1.165) is 10.5 Å². The van der Waals surface area contributed by atoms with E-state index >= 15 is 0 Å². The molecule has 1 heterocycles. The van der Waals surface area contributed by atoms with Crippen molar-refractivity contribution in [3.8, 4) is 0 Å². The van der Waals surface area contributed by atoms with E-state index in [2.05, 4.69) is 22.9 Å². The minimum absolute atomic E-state index is 0.831. The molecular weight excluding hydrogens is 278 g/mol. The molecule has 0 bridgehead atoms. The highest BCUT2D eigenvalue weighted by Crippen LogP contribution is 2.22. The fraction of sp³-hybridized carbons (Fsp3) is 0.111. The van der Waals surface area contributed by atoms with Crippen molar-refractivity contribution in [2.45, 2.75) is 11.8 Å². The molecule has 0 N–H and O–H groups in total. The van der Waals surface area contributed by atoms with Crippen LogP contribution >= 0.6 is 0 Å². The second kappa shape index (κ2) is 5.70. The SMILES string of the molecule is Cc1ccc(S(=O)/C=C\c2cn(C)c3ccccc23)cc1. The van der Waals surface area contributed by atoms with Gasteiger partial charge in [-0.1, -0.05) is 35.9 Å². The second-order valence-corrected chi connectivity index (χ2v) is 6.46. The predicted molar refractivity (Wildman–Crippen MR) is 89.5 cm³/mol. The topological polar surface area (TPSA) is 22.0 Å². The molecule has 0 amide bonds. The van der Waals surface area contributed by atoms with Crippen molar-refractivity contribution in [2.24, 2.45) is 7.05 Å². The summed E-state index contributed by atoms with van der Waals surface area (Å²) in [5.41, 5.74) is 3.45. The minimum Gasteiger partial charge on any atom is -0.350 e. The number of para-hydroxylation sites is 1. The zero-order chi connectivity index (χ0) is 14.8. The number of hydrogen-bond donors (Lipinski definition) is 0. The van der Waals surface area contributed by atoms with Crippen LogP contribution in [0.2, 0.25) is 0 Å². The van der Waals surface area contributed by atoms with Crippen LogP contribution in [0.1, 0.15) is 11.1 Å². The molecule has 0 fully saturated rings. The number of aryl methyl sites for hydroxylation is 2. The Balaban J connectivity index is 1.91. The van der Waals surface area contributed by atoms with Gasteiger partial charge in [-0.2, -0.15) is 0 Å². The summed E-state index contributed by atoms with van der Waals surface area (Å²) in [4.78, 5) is 0.831. The van der Waals surface area contributed by atoms with Crippen LogP contribution in [-0.4, -0.2) is 8.78 Å². The molecule has 0 saturated heterocycles. The first-order chi connectivity index (χ1) is 10.1. The van der Waals surface area contributed by atoms with Crippen LogP contribution in [-0.2, 0) is 17.8 Å². The molecule has 21 heavy (non-hydrogen) atoms. The number of benzene rings is 2. The maximum Gasteiger partial charge on any atom is 0.0776 e. The molecule has 3 aromatic rings. The molecule has 1 unspecified atom stereocenters. The van der Waals surface area contributed by atoms with Crippen LogP contribution < -0.4 is 0 Å². The molecule has 3 heteroatoms. The van der Waals surface area contributed by atoms with Crippen molar-refractivity contribution in [1.82, 2.24) is 4.57 Å². The minimum atomic E-state index is -1.12. The molecule has 1 aromatic heterocycles. The maximum absolute atomic E-state index is 12.3. The van der Waals surface area contributed by atoms with E-state index in [1.54, 1.807) is 5.41 Å². The molecule has 0 aliphatic heterocycles. The highest BCUT2D eigenvalue weighted by atomic mass is 32.2. The zero-order valence-corrected chi connectivity index (χ0v) is 12.9. The van der Waals surface area contributed by atoms with E-state index in [0.29, 0.717) is 0 Å². The Bertz CT molecular complexity index is 828. The van der Waals surface area contributed by atoms with Crippen LogP contribution in [0.5, 0.6) is 0 Å². The van der Waals surface area contributed by atoms with E-state index in [-0.39, 0.29) is 0 Å². The second-order valence-electron chi connectivity index (χ2n) is 5.13. The normalized spacial score (nSPS) is 13.0. The van der Waals surface area contributed by atoms with Crippen molar-refractivity contribution in [3.05, 3.63) is 71.3 Å². The quantitative estimate of drug-likeness (QED) is 0.707. The summed E-state index contributed by atoms with van der Waals surface area (Å²) in [5.74, 6) is 0. The Morgan fingerprint density at radius 2 is 1.76 bits per heavy atom. The van der Waals surface area contributed by atoms with Gasteiger partial charge in [-0.05, 0) is 31.2 Å². The van der Waals surface area contributed by atoms with Crippen molar-refractivity contribution in [1.29, 1.82) is 0 Å². The molecular formula is C18H17NOS. The van der Waals surface area contributed by atoms with Crippen LogP contribution in [0.4, 0.5) is 0 Å². The summed E-state index contributed by atoms with van der Waals surface area (Å²) < 4.78 is 14.4. The Kier molecular flexibility index (Phi) is 3.76. The molecule has 0 spiro atoms. The summed E-state index contributed by atoms with van der Waals surface area (Å²) >= 11 is 0. The Hall–Kier alpha value is -2.13. The lowest BCUT2D eigenvalue weighted by Gasteiger charge is -1.97. The average molecular weight is 295 g/mol. The summed E-state index contributed by atoms with van der Waals surface area (Å²) in [6, 6.07) is 16.0. The fourth-order valence-corrected chi connectivity index (χ4v) is 3.22. The lowest BCUT2D eigenvalue weighted by Crippen LogP contribution is -1.86. The van der Waals surface area contributed by atoms with Gasteiger partial charge >= 0.3 is 0 Å². The molecule has 0 radical (unpaired) electrons. The first-order valence-corrected chi connectivity index (χ1v) is 8.06. The van der Waals surface area contributed by atoms with Crippen LogP contribution in [0.25, 0.3) is 17.0 Å². The standard InChI is InChI=1S/C18H17NOS/c1-14-7-9-16(10-8-14)21(20)12-11-15-13-19(2)18-6-4-3-5-17(15)18/h3-13H,1-2H3/b12-11-. The fourth-order valence-electron chi connectivity index (χ4n) is 2.39. The van der Waals surface area contributed by atoms with E-state index < -0.39 is 10.8 Å². The lowest BCUT2D eigenvalue weighted by molar-refractivity contribution is 0.688. The number of hydrogen-bond acceptors (Lipinski definition) is 1. The first-order valence-electron chi connectivity index (χ1n) is 6.84. The third kappa shape index (κ3) is 2.83. The molecule has 1 atom stereocenters. The average Bonchev–Trinajstić information content (AvgIpc) is 2.83. The summed E-state index contributed by atoms with van der Waals surface area (Å²) in [5, 5.41) is 2.93. The number of nitrogens with zero attached hydrogens (tertiary/aromatic N) is 1. The molecule has 106 valence electrons. The summed E-state index contributed by atoms with van der Waals surface area (Å²) in [6.07, 6.45) is 4.01. The van der Waals surface area contributed by atoms with Gasteiger partial charge in [0.05, 0.1) is 10.8 Å². The van der Waals surface area contributed by atoms with E-state index in [9.17, 15) is 4.21 Å². The maximum atomic E-state index is 12.3. The van der Waals surface area contributed by atoms with Gasteiger partial charge in [0.25, 0.3) is 0 Å². The van der Waals surface area contributed by atoms with Gasteiger partial charge in [-0.15, -0.1) is 0 Å². The number of aromatic nitrogens is 1. The monoisotopic (exact) mass is 295 g/mol. The third-order valence-electron chi connectivity index (χ3n) is 3.55. The van der Waals surface area contributed by atoms with Gasteiger partial charge in [0.15, 0.2) is 0 Å². The van der Waals surface area contributed by atoms with Gasteiger partial charge < -0.3 is 4.57 Å². The zero-order valence-electron chi connectivity index (χ0n) is 12.1. The van der Waals surface area contributed by atoms with Crippen molar-refractivity contribution in [2.75, 3.05) is 0 Å². The molecule has 3 rings (SSSR count). The summed E-state index contributed by atoms with van der Waals surface area (Å²) in [6.45, 7) is 2.03. The van der Waals surface area contributed by atoms with E-state index in [1.165, 1.54) is 16.5 Å². The van der Waals surface area contributed by atoms with E-state index in [4.69, 9.17) is 0 Å². The Morgan fingerprint density at radius 1 is 1.05 bits per heavy atom. The highest BCUT2D eigenvalue weighted by Gasteiger charge is 2.04. The van der Waals surface area contributed by atoms with Crippen LogP contribution in [0, 0.1) is 6.92 Å². The lowest BCUT2D eigenvalue weighted by atomic mass is 10.2. The third-order valence-corrected chi connectivity index (χ3v) is 4.67. The van der Waals surface area contributed by atoms with Crippen molar-refractivity contribution >= 4 is 27.8 Å². The highest BCUT2D eigenvalue weighted by molar-refractivity contribution is 7.88. The van der Waals surface area contributed by atoms with Gasteiger partial charge in [0.2, 0.25) is 0 Å². The van der Waals surface area contributed by atoms with Gasteiger partial charge in [0, 0.05) is 40.0 Å². The molecule has 0 aliphatic rings. The van der Waals surface area contributed by atoms with Crippen molar-refractivity contribution < 1.29 is 4.21 Å². The molecule has 0 saturated carbocycles. The van der Waals surface area contributed by atoms with Gasteiger partial charge in [-0.3, -0.25) is 0 Å². The van der Waals surface area contributed by atoms with Crippen LogP contribution in [0.3, 0.4) is 0 Å². The number of fused-ring (bicyclic) bond motifs is 1.